The molecular formula is C16H13N3O2. The normalized spacial score (nSPS) is 11.6. The Morgan fingerprint density at radius 3 is 2.76 bits per heavy atom. The van der Waals surface area contributed by atoms with Gasteiger partial charge in [-0.3, -0.25) is 9.82 Å². The van der Waals surface area contributed by atoms with E-state index in [4.69, 9.17) is 4.84 Å². The van der Waals surface area contributed by atoms with Crippen LogP contribution in [0.1, 0.15) is 0 Å². The van der Waals surface area contributed by atoms with Crippen molar-refractivity contribution in [1.82, 2.24) is 10.3 Å². The van der Waals surface area contributed by atoms with Crippen molar-refractivity contribution in [3.8, 4) is 0 Å². The second-order valence-electron chi connectivity index (χ2n) is 4.43. The lowest BCUT2D eigenvalue weighted by Crippen LogP contribution is -2.18. The van der Waals surface area contributed by atoms with E-state index >= 15 is 0 Å². The summed E-state index contributed by atoms with van der Waals surface area (Å²) >= 11 is 0. The van der Waals surface area contributed by atoms with Gasteiger partial charge < -0.3 is 5.32 Å². The van der Waals surface area contributed by atoms with Gasteiger partial charge in [0.1, 0.15) is 5.36 Å². The highest BCUT2D eigenvalue weighted by Crippen LogP contribution is 2.13. The molecule has 5 heteroatoms. The fraction of sp³-hybridized carbons (Fsp3) is 0.0625. The van der Waals surface area contributed by atoms with Crippen molar-refractivity contribution >= 4 is 27.8 Å². The second-order valence-corrected chi connectivity index (χ2v) is 4.43. The number of pyridine rings is 1. The molecule has 0 aliphatic carbocycles. The van der Waals surface area contributed by atoms with Crippen LogP contribution in [0.2, 0.25) is 0 Å². The number of benzene rings is 1. The summed E-state index contributed by atoms with van der Waals surface area (Å²) in [4.78, 5) is 20.5. The van der Waals surface area contributed by atoms with Crippen LogP contribution in [0.25, 0.3) is 21.7 Å². The fourth-order valence-corrected chi connectivity index (χ4v) is 2.15. The molecule has 5 nitrogen and oxygen atoms in total. The van der Waals surface area contributed by atoms with Gasteiger partial charge in [-0.15, -0.1) is 0 Å². The molecule has 0 saturated heterocycles. The number of carbonyl (C=O) groups is 1. The van der Waals surface area contributed by atoms with Crippen molar-refractivity contribution in [3.05, 3.63) is 60.1 Å². The van der Waals surface area contributed by atoms with E-state index < -0.39 is 6.09 Å². The van der Waals surface area contributed by atoms with Crippen LogP contribution in [-0.2, 0) is 4.84 Å². The number of rotatable bonds is 1. The summed E-state index contributed by atoms with van der Waals surface area (Å²) in [7, 11) is 1.49. The minimum Gasteiger partial charge on any atom is -0.323 e. The van der Waals surface area contributed by atoms with Crippen LogP contribution < -0.4 is 10.7 Å². The maximum Gasteiger partial charge on any atom is 0.433 e. The molecule has 2 aromatic carbocycles. The van der Waals surface area contributed by atoms with Crippen LogP contribution in [-0.4, -0.2) is 18.1 Å². The molecule has 0 spiro atoms. The Labute approximate surface area is 120 Å². The monoisotopic (exact) mass is 279 g/mol. The topological polar surface area (TPSA) is 63.6 Å². The standard InChI is InChI=1S/C16H13N3O2/c1-17-16(20)21-19-15-12-6-3-2-5-11(12)8-9-14-13(15)7-4-10-18-14/h2-10H,1H3,(H,17,20)/b19-15+. The van der Waals surface area contributed by atoms with Gasteiger partial charge in [-0.25, -0.2) is 4.79 Å². The van der Waals surface area contributed by atoms with E-state index in [9.17, 15) is 4.79 Å². The Bertz CT molecular complexity index is 829. The molecular weight excluding hydrogens is 266 g/mol. The number of hydrogen-bond donors (Lipinski definition) is 1. The second kappa shape index (κ2) is 5.58. The summed E-state index contributed by atoms with van der Waals surface area (Å²) in [5.74, 6) is 0. The number of carbonyl (C=O) groups excluding carboxylic acids is 1. The van der Waals surface area contributed by atoms with Gasteiger partial charge in [-0.1, -0.05) is 35.5 Å². The molecule has 104 valence electrons. The molecule has 1 heterocycles. The Hall–Kier alpha value is -2.95. The Morgan fingerprint density at radius 2 is 1.90 bits per heavy atom. The Kier molecular flexibility index (Phi) is 3.47. The van der Waals surface area contributed by atoms with Gasteiger partial charge in [0.05, 0.1) is 5.52 Å². The minimum atomic E-state index is -0.609. The number of fused-ring (bicyclic) bond motifs is 2. The number of aromatic nitrogens is 1. The molecule has 1 amide bonds. The van der Waals surface area contributed by atoms with Crippen LogP contribution in [0.3, 0.4) is 0 Å². The predicted octanol–water partition coefficient (Wildman–Crippen LogP) is 2.56. The van der Waals surface area contributed by atoms with Crippen molar-refractivity contribution < 1.29 is 9.63 Å². The van der Waals surface area contributed by atoms with Crippen molar-refractivity contribution in [2.75, 3.05) is 7.05 Å². The molecule has 0 saturated carbocycles. The van der Waals surface area contributed by atoms with Gasteiger partial charge in [0, 0.05) is 24.0 Å². The third kappa shape index (κ3) is 2.53. The van der Waals surface area contributed by atoms with E-state index in [1.807, 2.05) is 48.5 Å². The highest BCUT2D eigenvalue weighted by molar-refractivity contribution is 5.91. The van der Waals surface area contributed by atoms with Crippen molar-refractivity contribution in [1.29, 1.82) is 0 Å². The number of nitrogens with zero attached hydrogens (tertiary/aromatic N) is 2. The fourth-order valence-electron chi connectivity index (χ4n) is 2.15. The zero-order valence-corrected chi connectivity index (χ0v) is 11.4. The Morgan fingerprint density at radius 1 is 1.10 bits per heavy atom. The summed E-state index contributed by atoms with van der Waals surface area (Å²) in [6, 6.07) is 15.4. The van der Waals surface area contributed by atoms with E-state index in [0.717, 1.165) is 21.7 Å². The van der Waals surface area contributed by atoms with Crippen molar-refractivity contribution in [2.24, 2.45) is 5.16 Å². The van der Waals surface area contributed by atoms with Gasteiger partial charge in [-0.2, -0.15) is 0 Å². The lowest BCUT2D eigenvalue weighted by Gasteiger charge is -1.97. The van der Waals surface area contributed by atoms with E-state index in [2.05, 4.69) is 15.5 Å². The van der Waals surface area contributed by atoms with E-state index in [1.165, 1.54) is 7.05 Å². The lowest BCUT2D eigenvalue weighted by molar-refractivity contribution is 0.149. The minimum absolute atomic E-state index is 0.585. The zero-order valence-electron chi connectivity index (χ0n) is 11.4. The lowest BCUT2D eigenvalue weighted by atomic mass is 10.1. The number of hydrogen-bond acceptors (Lipinski definition) is 4. The summed E-state index contributed by atoms with van der Waals surface area (Å²) in [5, 5.41) is 9.69. The third-order valence-electron chi connectivity index (χ3n) is 3.15. The first kappa shape index (κ1) is 13.1. The van der Waals surface area contributed by atoms with Crippen molar-refractivity contribution in [3.63, 3.8) is 0 Å². The molecule has 21 heavy (non-hydrogen) atoms. The van der Waals surface area contributed by atoms with Crippen molar-refractivity contribution in [2.45, 2.75) is 0 Å². The molecule has 0 unspecified atom stereocenters. The first-order valence-corrected chi connectivity index (χ1v) is 6.49. The number of nitrogens with one attached hydrogen (secondary N) is 1. The van der Waals surface area contributed by atoms with Crippen LogP contribution in [0, 0.1) is 0 Å². The summed E-state index contributed by atoms with van der Waals surface area (Å²) in [6.45, 7) is 0. The smallest absolute Gasteiger partial charge is 0.323 e. The van der Waals surface area contributed by atoms with E-state index in [0.29, 0.717) is 5.36 Å². The maximum absolute atomic E-state index is 11.3. The number of amides is 1. The van der Waals surface area contributed by atoms with E-state index in [1.54, 1.807) is 6.20 Å². The third-order valence-corrected chi connectivity index (χ3v) is 3.15. The maximum atomic E-state index is 11.3. The van der Waals surface area contributed by atoms with Crippen LogP contribution in [0.15, 0.2) is 59.9 Å². The molecule has 0 aliphatic rings. The molecule has 0 fully saturated rings. The molecule has 1 N–H and O–H groups in total. The average Bonchev–Trinajstić information content (AvgIpc) is 2.69. The van der Waals surface area contributed by atoms with Gasteiger partial charge in [0.2, 0.25) is 0 Å². The summed E-state index contributed by atoms with van der Waals surface area (Å²) in [6.07, 6.45) is 1.11. The summed E-state index contributed by atoms with van der Waals surface area (Å²) in [5.41, 5.74) is 0.785. The van der Waals surface area contributed by atoms with Gasteiger partial charge in [0.15, 0.2) is 0 Å². The van der Waals surface area contributed by atoms with Crippen LogP contribution in [0.4, 0.5) is 4.79 Å². The molecule has 0 atom stereocenters. The highest BCUT2D eigenvalue weighted by atomic mass is 16.7. The highest BCUT2D eigenvalue weighted by Gasteiger charge is 2.03. The van der Waals surface area contributed by atoms with Crippen LogP contribution >= 0.6 is 0 Å². The van der Waals surface area contributed by atoms with Gasteiger partial charge in [-0.05, 0) is 23.6 Å². The average molecular weight is 279 g/mol. The quantitative estimate of drug-likeness (QED) is 0.550. The molecule has 0 radical (unpaired) electrons. The van der Waals surface area contributed by atoms with Crippen LogP contribution in [0.5, 0.6) is 0 Å². The molecule has 3 aromatic rings. The van der Waals surface area contributed by atoms with Gasteiger partial charge in [0.25, 0.3) is 0 Å². The SMILES string of the molecule is CNC(=O)O/N=c1\c2ccccc2ccc2ncccc12. The zero-order chi connectivity index (χ0) is 14.7. The molecule has 3 rings (SSSR count). The first-order valence-electron chi connectivity index (χ1n) is 6.49. The van der Waals surface area contributed by atoms with E-state index in [-0.39, 0.29) is 0 Å². The Balaban J connectivity index is 2.43. The predicted molar refractivity (Wildman–Crippen MR) is 80.4 cm³/mol. The first-order chi connectivity index (χ1) is 10.3. The molecule has 0 aliphatic heterocycles. The molecule has 1 aromatic heterocycles. The molecule has 0 bridgehead atoms. The van der Waals surface area contributed by atoms with Gasteiger partial charge >= 0.3 is 6.09 Å². The largest absolute Gasteiger partial charge is 0.433 e. The summed E-state index contributed by atoms with van der Waals surface area (Å²) < 4.78 is 0.